The summed E-state index contributed by atoms with van der Waals surface area (Å²) in [6.45, 7) is 0. The molecule has 0 aliphatic carbocycles. The van der Waals surface area contributed by atoms with Gasteiger partial charge in [0.1, 0.15) is 12.0 Å². The van der Waals surface area contributed by atoms with E-state index in [0.717, 1.165) is 6.20 Å². The topological polar surface area (TPSA) is 85.1 Å². The molecule has 0 saturated heterocycles. The fraction of sp³-hybridized carbons (Fsp3) is 0. The van der Waals surface area contributed by atoms with E-state index in [1.165, 1.54) is 12.1 Å². The minimum Gasteiger partial charge on any atom is -0.313 e. The summed E-state index contributed by atoms with van der Waals surface area (Å²) in [6, 6.07) is 2.62. The molecule has 1 N–H and O–H groups in total. The number of carbonyl (C=O) groups is 1. The van der Waals surface area contributed by atoms with Gasteiger partial charge in [-0.1, -0.05) is 0 Å². The van der Waals surface area contributed by atoms with Crippen LogP contribution in [0.1, 0.15) is 0 Å². The smallest absolute Gasteiger partial charge is 0.287 e. The van der Waals surface area contributed by atoms with Crippen molar-refractivity contribution in [2.45, 2.75) is 0 Å². The minimum atomic E-state index is -0.558. The molecule has 0 aliphatic rings. The molecule has 6 nitrogen and oxygen atoms in total. The monoisotopic (exact) mass is 167 g/mol. The van der Waals surface area contributed by atoms with Crippen molar-refractivity contribution in [3.05, 3.63) is 28.4 Å². The maximum atomic E-state index is 10.1. The van der Waals surface area contributed by atoms with Gasteiger partial charge in [0.05, 0.1) is 4.92 Å². The molecule has 0 unspecified atom stereocenters. The van der Waals surface area contributed by atoms with Gasteiger partial charge in [-0.2, -0.15) is 0 Å². The zero-order valence-corrected chi connectivity index (χ0v) is 5.93. The third-order valence-corrected chi connectivity index (χ3v) is 1.17. The van der Waals surface area contributed by atoms with Crippen LogP contribution in [0.15, 0.2) is 18.3 Å². The van der Waals surface area contributed by atoms with Crippen molar-refractivity contribution in [3.8, 4) is 0 Å². The Kier molecular flexibility index (Phi) is 2.32. The summed E-state index contributed by atoms with van der Waals surface area (Å²) >= 11 is 0. The number of nitrogens with one attached hydrogen (secondary N) is 1. The van der Waals surface area contributed by atoms with Crippen LogP contribution in [0.2, 0.25) is 0 Å². The van der Waals surface area contributed by atoms with Crippen LogP contribution in [-0.4, -0.2) is 16.3 Å². The normalized spacial score (nSPS) is 9.00. The lowest BCUT2D eigenvalue weighted by atomic mass is 10.4. The van der Waals surface area contributed by atoms with Crippen LogP contribution in [0.3, 0.4) is 0 Å². The first-order chi connectivity index (χ1) is 5.74. The van der Waals surface area contributed by atoms with Crippen LogP contribution in [-0.2, 0) is 4.79 Å². The molecule has 0 aromatic carbocycles. The van der Waals surface area contributed by atoms with Crippen LogP contribution in [0.5, 0.6) is 0 Å². The van der Waals surface area contributed by atoms with Gasteiger partial charge in [-0.25, -0.2) is 4.98 Å². The predicted molar refractivity (Wildman–Crippen MR) is 40.6 cm³/mol. The van der Waals surface area contributed by atoms with Crippen LogP contribution in [0, 0.1) is 10.1 Å². The molecule has 62 valence electrons. The van der Waals surface area contributed by atoms with Crippen LogP contribution >= 0.6 is 0 Å². The Labute approximate surface area is 67.4 Å². The zero-order chi connectivity index (χ0) is 8.97. The number of aromatic nitrogens is 1. The fourth-order valence-corrected chi connectivity index (χ4v) is 0.640. The van der Waals surface area contributed by atoms with Gasteiger partial charge < -0.3 is 5.32 Å². The molecule has 6 heteroatoms. The standard InChI is InChI=1S/C6H5N3O3/c10-4-8-6-2-1-5(3-7-6)9(11)12/h1-4H,(H,7,8,10). The molecule has 0 fully saturated rings. The maximum absolute atomic E-state index is 10.1. The summed E-state index contributed by atoms with van der Waals surface area (Å²) < 4.78 is 0. The predicted octanol–water partition coefficient (Wildman–Crippen LogP) is 0.558. The third kappa shape index (κ3) is 1.75. The maximum Gasteiger partial charge on any atom is 0.287 e. The molecule has 0 saturated carbocycles. The van der Waals surface area contributed by atoms with E-state index in [1.807, 2.05) is 0 Å². The Morgan fingerprint density at radius 3 is 2.75 bits per heavy atom. The Hall–Kier alpha value is -1.98. The summed E-state index contributed by atoms with van der Waals surface area (Å²) in [7, 11) is 0. The van der Waals surface area contributed by atoms with E-state index < -0.39 is 4.92 Å². The SMILES string of the molecule is O=CNc1ccc([N+](=O)[O-])cn1. The second kappa shape index (κ2) is 3.42. The lowest BCUT2D eigenvalue weighted by Crippen LogP contribution is -1.97. The van der Waals surface area contributed by atoms with E-state index in [-0.39, 0.29) is 11.5 Å². The lowest BCUT2D eigenvalue weighted by Gasteiger charge is -1.94. The number of nitro groups is 1. The Balaban J connectivity index is 2.85. The molecule has 1 amide bonds. The molecular formula is C6H5N3O3. The molecule has 0 spiro atoms. The van der Waals surface area contributed by atoms with Crippen molar-refractivity contribution in [3.63, 3.8) is 0 Å². The van der Waals surface area contributed by atoms with Crippen molar-refractivity contribution in [1.29, 1.82) is 0 Å². The van der Waals surface area contributed by atoms with Gasteiger partial charge in [-0.3, -0.25) is 14.9 Å². The zero-order valence-electron chi connectivity index (χ0n) is 5.93. The molecular weight excluding hydrogens is 162 g/mol. The molecule has 12 heavy (non-hydrogen) atoms. The van der Waals surface area contributed by atoms with Gasteiger partial charge in [-0.15, -0.1) is 0 Å². The molecule has 1 aromatic rings. The fourth-order valence-electron chi connectivity index (χ4n) is 0.640. The van der Waals surface area contributed by atoms with Crippen LogP contribution in [0.4, 0.5) is 11.5 Å². The second-order valence-corrected chi connectivity index (χ2v) is 1.92. The highest BCUT2D eigenvalue weighted by molar-refractivity contribution is 5.68. The second-order valence-electron chi connectivity index (χ2n) is 1.92. The van der Waals surface area contributed by atoms with Crippen LogP contribution in [0.25, 0.3) is 0 Å². The first-order valence-corrected chi connectivity index (χ1v) is 3.04. The quantitative estimate of drug-likeness (QED) is 0.405. The average Bonchev–Trinajstić information content (AvgIpc) is 2.06. The van der Waals surface area contributed by atoms with E-state index in [2.05, 4.69) is 10.3 Å². The number of carbonyl (C=O) groups excluding carboxylic acids is 1. The number of hydrogen-bond donors (Lipinski definition) is 1. The summed E-state index contributed by atoms with van der Waals surface area (Å²) in [5, 5.41) is 12.4. The highest BCUT2D eigenvalue weighted by Gasteiger charge is 2.03. The van der Waals surface area contributed by atoms with Crippen molar-refractivity contribution >= 4 is 17.9 Å². The average molecular weight is 167 g/mol. The Bertz CT molecular complexity index is 295. The molecule has 0 bridgehead atoms. The number of nitrogens with zero attached hydrogens (tertiary/aromatic N) is 2. The van der Waals surface area contributed by atoms with Gasteiger partial charge >= 0.3 is 0 Å². The first kappa shape index (κ1) is 8.12. The summed E-state index contributed by atoms with van der Waals surface area (Å²) in [5.74, 6) is 0.288. The summed E-state index contributed by atoms with van der Waals surface area (Å²) in [6.07, 6.45) is 1.53. The molecule has 0 aliphatic heterocycles. The number of amides is 1. The van der Waals surface area contributed by atoms with Crippen molar-refractivity contribution in [2.75, 3.05) is 5.32 Å². The van der Waals surface area contributed by atoms with Crippen LogP contribution < -0.4 is 5.32 Å². The van der Waals surface area contributed by atoms with Gasteiger partial charge in [0.15, 0.2) is 0 Å². The number of rotatable bonds is 3. The lowest BCUT2D eigenvalue weighted by molar-refractivity contribution is -0.385. The Morgan fingerprint density at radius 1 is 1.58 bits per heavy atom. The third-order valence-electron chi connectivity index (χ3n) is 1.17. The Morgan fingerprint density at radius 2 is 2.33 bits per heavy atom. The highest BCUT2D eigenvalue weighted by atomic mass is 16.6. The summed E-state index contributed by atoms with van der Waals surface area (Å²) in [5.41, 5.74) is -0.105. The number of anilines is 1. The van der Waals surface area contributed by atoms with E-state index in [0.29, 0.717) is 6.41 Å². The van der Waals surface area contributed by atoms with Crippen molar-refractivity contribution in [2.24, 2.45) is 0 Å². The molecule has 1 aromatic heterocycles. The largest absolute Gasteiger partial charge is 0.313 e. The number of hydrogen-bond acceptors (Lipinski definition) is 4. The molecule has 0 radical (unpaired) electrons. The van der Waals surface area contributed by atoms with Gasteiger partial charge in [0.25, 0.3) is 5.69 Å². The van der Waals surface area contributed by atoms with Crippen molar-refractivity contribution in [1.82, 2.24) is 4.98 Å². The molecule has 0 atom stereocenters. The van der Waals surface area contributed by atoms with E-state index in [1.54, 1.807) is 0 Å². The van der Waals surface area contributed by atoms with Gasteiger partial charge in [0, 0.05) is 6.07 Å². The molecule has 1 rings (SSSR count). The minimum absolute atomic E-state index is 0.105. The van der Waals surface area contributed by atoms with Gasteiger partial charge in [0.2, 0.25) is 6.41 Å². The van der Waals surface area contributed by atoms with E-state index in [4.69, 9.17) is 0 Å². The molecule has 1 heterocycles. The van der Waals surface area contributed by atoms with Gasteiger partial charge in [-0.05, 0) is 6.07 Å². The number of pyridine rings is 1. The van der Waals surface area contributed by atoms with E-state index >= 15 is 0 Å². The summed E-state index contributed by atoms with van der Waals surface area (Å²) in [4.78, 5) is 23.1. The highest BCUT2D eigenvalue weighted by Crippen LogP contribution is 2.10. The first-order valence-electron chi connectivity index (χ1n) is 3.04. The van der Waals surface area contributed by atoms with E-state index in [9.17, 15) is 14.9 Å². The van der Waals surface area contributed by atoms with Crippen molar-refractivity contribution < 1.29 is 9.72 Å².